The highest BCUT2D eigenvalue weighted by atomic mass is 15.1. The lowest BCUT2D eigenvalue weighted by Gasteiger charge is -2.23. The second-order valence-electron chi connectivity index (χ2n) is 4.51. The van der Waals surface area contributed by atoms with Gasteiger partial charge in [0.25, 0.3) is 0 Å². The van der Waals surface area contributed by atoms with Gasteiger partial charge < -0.3 is 10.2 Å². The van der Waals surface area contributed by atoms with E-state index in [1.165, 1.54) is 30.6 Å². The Morgan fingerprint density at radius 3 is 2.67 bits per heavy atom. The lowest BCUT2D eigenvalue weighted by atomic mass is 10.2. The molecule has 0 saturated carbocycles. The van der Waals surface area contributed by atoms with Crippen LogP contribution in [0.25, 0.3) is 0 Å². The molecule has 1 N–H and O–H groups in total. The van der Waals surface area contributed by atoms with Crippen LogP contribution < -0.4 is 10.2 Å². The predicted octanol–water partition coefficient (Wildman–Crippen LogP) is 2.18. The molecular formula is C13H20N2. The summed E-state index contributed by atoms with van der Waals surface area (Å²) in [6.07, 6.45) is 2.64. The van der Waals surface area contributed by atoms with E-state index in [2.05, 4.69) is 48.5 Å². The molecular weight excluding hydrogens is 184 g/mol. The van der Waals surface area contributed by atoms with Crippen LogP contribution in [0.1, 0.15) is 18.4 Å². The number of benzene rings is 1. The first-order chi connectivity index (χ1) is 7.25. The Balaban J connectivity index is 1.94. The van der Waals surface area contributed by atoms with Crippen LogP contribution in [0.15, 0.2) is 24.3 Å². The number of nitrogens with one attached hydrogen (secondary N) is 1. The Morgan fingerprint density at radius 2 is 2.07 bits per heavy atom. The smallest absolute Gasteiger partial charge is 0.0364 e. The van der Waals surface area contributed by atoms with Gasteiger partial charge in [-0.2, -0.15) is 0 Å². The van der Waals surface area contributed by atoms with Gasteiger partial charge in [-0.15, -0.1) is 0 Å². The molecule has 0 aromatic heterocycles. The van der Waals surface area contributed by atoms with Crippen molar-refractivity contribution in [1.82, 2.24) is 5.32 Å². The molecule has 0 amide bonds. The molecule has 1 atom stereocenters. The fourth-order valence-electron chi connectivity index (χ4n) is 2.15. The highest BCUT2D eigenvalue weighted by Crippen LogP contribution is 2.15. The van der Waals surface area contributed by atoms with Crippen molar-refractivity contribution in [3.05, 3.63) is 29.8 Å². The molecule has 0 aliphatic carbocycles. The zero-order valence-electron chi connectivity index (χ0n) is 9.66. The number of likely N-dealkylation sites (N-methyl/N-ethyl adjacent to an activating group) is 1. The summed E-state index contributed by atoms with van der Waals surface area (Å²) in [5.74, 6) is 0. The molecule has 2 nitrogen and oxygen atoms in total. The highest BCUT2D eigenvalue weighted by molar-refractivity contribution is 5.46. The number of aryl methyl sites for hydroxylation is 1. The second-order valence-corrected chi connectivity index (χ2v) is 4.51. The van der Waals surface area contributed by atoms with Crippen molar-refractivity contribution in [2.45, 2.75) is 25.8 Å². The largest absolute Gasteiger partial charge is 0.373 e. The fraction of sp³-hybridized carbons (Fsp3) is 0.538. The average molecular weight is 204 g/mol. The first kappa shape index (κ1) is 10.5. The van der Waals surface area contributed by atoms with Gasteiger partial charge >= 0.3 is 0 Å². The van der Waals surface area contributed by atoms with Crippen LogP contribution in [-0.4, -0.2) is 26.2 Å². The summed E-state index contributed by atoms with van der Waals surface area (Å²) in [6, 6.07) is 9.42. The molecule has 2 rings (SSSR count). The van der Waals surface area contributed by atoms with Gasteiger partial charge in [-0.1, -0.05) is 17.7 Å². The lowest BCUT2D eigenvalue weighted by molar-refractivity contribution is 0.600. The molecule has 82 valence electrons. The van der Waals surface area contributed by atoms with Crippen molar-refractivity contribution in [1.29, 1.82) is 0 Å². The van der Waals surface area contributed by atoms with Crippen LogP contribution in [0.2, 0.25) is 0 Å². The van der Waals surface area contributed by atoms with Crippen LogP contribution in [-0.2, 0) is 0 Å². The minimum atomic E-state index is 0.677. The maximum absolute atomic E-state index is 3.53. The van der Waals surface area contributed by atoms with Crippen molar-refractivity contribution in [3.63, 3.8) is 0 Å². The van der Waals surface area contributed by atoms with Gasteiger partial charge in [0.2, 0.25) is 0 Å². The quantitative estimate of drug-likeness (QED) is 0.812. The van der Waals surface area contributed by atoms with Crippen LogP contribution in [0.5, 0.6) is 0 Å². The molecule has 1 saturated heterocycles. The van der Waals surface area contributed by atoms with Gasteiger partial charge in [-0.25, -0.2) is 0 Å². The second kappa shape index (κ2) is 4.67. The van der Waals surface area contributed by atoms with Crippen LogP contribution in [0.4, 0.5) is 5.69 Å². The van der Waals surface area contributed by atoms with Crippen LogP contribution in [0, 0.1) is 6.92 Å². The van der Waals surface area contributed by atoms with Gasteiger partial charge in [0, 0.05) is 25.3 Å². The van der Waals surface area contributed by atoms with Crippen molar-refractivity contribution in [2.24, 2.45) is 0 Å². The normalized spacial score (nSPS) is 20.5. The maximum Gasteiger partial charge on any atom is 0.0364 e. The first-order valence-electron chi connectivity index (χ1n) is 5.77. The molecule has 1 aromatic carbocycles. The van der Waals surface area contributed by atoms with E-state index in [0.29, 0.717) is 6.04 Å². The fourth-order valence-corrected chi connectivity index (χ4v) is 2.15. The van der Waals surface area contributed by atoms with E-state index in [1.807, 2.05) is 0 Å². The van der Waals surface area contributed by atoms with Gasteiger partial charge in [-0.05, 0) is 38.4 Å². The molecule has 0 radical (unpaired) electrons. The molecule has 1 aliphatic rings. The van der Waals surface area contributed by atoms with Gasteiger partial charge in [-0.3, -0.25) is 0 Å². The summed E-state index contributed by atoms with van der Waals surface area (Å²) in [4.78, 5) is 2.34. The minimum Gasteiger partial charge on any atom is -0.373 e. The van der Waals surface area contributed by atoms with E-state index in [1.54, 1.807) is 0 Å². The topological polar surface area (TPSA) is 15.3 Å². The minimum absolute atomic E-state index is 0.677. The third-order valence-corrected chi connectivity index (χ3v) is 3.13. The van der Waals surface area contributed by atoms with E-state index in [9.17, 15) is 0 Å². The summed E-state index contributed by atoms with van der Waals surface area (Å²) in [6.45, 7) is 4.43. The summed E-state index contributed by atoms with van der Waals surface area (Å²) in [7, 11) is 2.17. The highest BCUT2D eigenvalue weighted by Gasteiger charge is 2.15. The SMILES string of the molecule is Cc1ccc(N(C)C[C@H]2CCCN2)cc1. The van der Waals surface area contributed by atoms with E-state index in [0.717, 1.165) is 6.54 Å². The molecule has 1 fully saturated rings. The van der Waals surface area contributed by atoms with Crippen molar-refractivity contribution >= 4 is 5.69 Å². The standard InChI is InChI=1S/C13H20N2/c1-11-5-7-13(8-6-11)15(2)10-12-4-3-9-14-12/h5-8,12,14H,3-4,9-10H2,1-2H3/t12-/m1/s1. The third kappa shape index (κ3) is 2.72. The molecule has 0 unspecified atom stereocenters. The predicted molar refractivity (Wildman–Crippen MR) is 65.5 cm³/mol. The zero-order chi connectivity index (χ0) is 10.7. The molecule has 15 heavy (non-hydrogen) atoms. The van der Waals surface area contributed by atoms with Crippen molar-refractivity contribution < 1.29 is 0 Å². The summed E-state index contributed by atoms with van der Waals surface area (Å²) >= 11 is 0. The monoisotopic (exact) mass is 204 g/mol. The molecule has 1 aromatic rings. The third-order valence-electron chi connectivity index (χ3n) is 3.13. The van der Waals surface area contributed by atoms with Crippen molar-refractivity contribution in [2.75, 3.05) is 25.0 Å². The summed E-state index contributed by atoms with van der Waals surface area (Å²) in [5, 5.41) is 3.53. The van der Waals surface area contributed by atoms with Gasteiger partial charge in [0.1, 0.15) is 0 Å². The zero-order valence-corrected chi connectivity index (χ0v) is 9.66. The first-order valence-corrected chi connectivity index (χ1v) is 5.77. The molecule has 2 heteroatoms. The maximum atomic E-state index is 3.53. The Labute approximate surface area is 92.3 Å². The van der Waals surface area contributed by atoms with Crippen LogP contribution >= 0.6 is 0 Å². The van der Waals surface area contributed by atoms with E-state index < -0.39 is 0 Å². The van der Waals surface area contributed by atoms with Gasteiger partial charge in [0.05, 0.1) is 0 Å². The van der Waals surface area contributed by atoms with Crippen LogP contribution in [0.3, 0.4) is 0 Å². The Morgan fingerprint density at radius 1 is 1.33 bits per heavy atom. The Hall–Kier alpha value is -1.02. The average Bonchev–Trinajstić information content (AvgIpc) is 2.71. The lowest BCUT2D eigenvalue weighted by Crippen LogP contribution is -2.35. The Kier molecular flexibility index (Phi) is 3.27. The summed E-state index contributed by atoms with van der Waals surface area (Å²) < 4.78 is 0. The summed E-state index contributed by atoms with van der Waals surface area (Å²) in [5.41, 5.74) is 2.64. The molecule has 0 bridgehead atoms. The van der Waals surface area contributed by atoms with E-state index in [-0.39, 0.29) is 0 Å². The van der Waals surface area contributed by atoms with Crippen molar-refractivity contribution in [3.8, 4) is 0 Å². The van der Waals surface area contributed by atoms with E-state index >= 15 is 0 Å². The molecule has 1 heterocycles. The van der Waals surface area contributed by atoms with E-state index in [4.69, 9.17) is 0 Å². The number of rotatable bonds is 3. The number of hydrogen-bond acceptors (Lipinski definition) is 2. The van der Waals surface area contributed by atoms with Gasteiger partial charge in [0.15, 0.2) is 0 Å². The number of nitrogens with zero attached hydrogens (tertiary/aromatic N) is 1. The molecule has 1 aliphatic heterocycles. The molecule has 0 spiro atoms. The Bertz CT molecular complexity index is 299. The number of hydrogen-bond donors (Lipinski definition) is 1. The number of anilines is 1.